The molecule has 3 heteroatoms. The van der Waals surface area contributed by atoms with E-state index in [0.29, 0.717) is 5.41 Å². The van der Waals surface area contributed by atoms with Crippen molar-refractivity contribution in [2.75, 3.05) is 11.9 Å². The lowest BCUT2D eigenvalue weighted by molar-refractivity contribution is 0.376. The first-order chi connectivity index (χ1) is 6.03. The summed E-state index contributed by atoms with van der Waals surface area (Å²) in [6.45, 7) is 7.69. The zero-order valence-electron chi connectivity index (χ0n) is 8.96. The van der Waals surface area contributed by atoms with Crippen molar-refractivity contribution in [3.05, 3.63) is 12.3 Å². The number of hydrogen-bond acceptors (Lipinski definition) is 2. The summed E-state index contributed by atoms with van der Waals surface area (Å²) in [6.07, 6.45) is 3.12. The first-order valence-corrected chi connectivity index (χ1v) is 4.77. The number of nitrogens with zero attached hydrogens (tertiary/aromatic N) is 2. The highest BCUT2D eigenvalue weighted by molar-refractivity contribution is 5.32. The first kappa shape index (κ1) is 10.1. The number of rotatable bonds is 4. The van der Waals surface area contributed by atoms with Gasteiger partial charge in [-0.1, -0.05) is 20.8 Å². The summed E-state index contributed by atoms with van der Waals surface area (Å²) in [5, 5.41) is 7.58. The van der Waals surface area contributed by atoms with Gasteiger partial charge in [0.25, 0.3) is 0 Å². The quantitative estimate of drug-likeness (QED) is 0.772. The van der Waals surface area contributed by atoms with Crippen LogP contribution in [0.5, 0.6) is 0 Å². The Balaban J connectivity index is 2.43. The van der Waals surface area contributed by atoms with Crippen molar-refractivity contribution in [1.29, 1.82) is 0 Å². The van der Waals surface area contributed by atoms with Crippen LogP contribution in [0.3, 0.4) is 0 Å². The molecule has 0 spiro atoms. The molecule has 0 aromatic carbocycles. The van der Waals surface area contributed by atoms with Crippen LogP contribution in [0.4, 0.5) is 5.82 Å². The Bertz CT molecular complexity index is 263. The first-order valence-electron chi connectivity index (χ1n) is 4.77. The summed E-state index contributed by atoms with van der Waals surface area (Å²) >= 11 is 0. The summed E-state index contributed by atoms with van der Waals surface area (Å²) in [6, 6.07) is 1.99. The van der Waals surface area contributed by atoms with E-state index in [2.05, 4.69) is 31.2 Å². The van der Waals surface area contributed by atoms with Crippen LogP contribution >= 0.6 is 0 Å². The fraction of sp³-hybridized carbons (Fsp3) is 0.700. The predicted octanol–water partition coefficient (Wildman–Crippen LogP) is 2.27. The summed E-state index contributed by atoms with van der Waals surface area (Å²) in [5.74, 6) is 0.962. The largest absolute Gasteiger partial charge is 0.368 e. The van der Waals surface area contributed by atoms with E-state index in [1.54, 1.807) is 4.68 Å². The number of anilines is 1. The lowest BCUT2D eigenvalue weighted by Gasteiger charge is -2.22. The smallest absolute Gasteiger partial charge is 0.147 e. The summed E-state index contributed by atoms with van der Waals surface area (Å²) in [5.41, 5.74) is 0.345. The minimum absolute atomic E-state index is 0.345. The molecule has 0 radical (unpaired) electrons. The van der Waals surface area contributed by atoms with Gasteiger partial charge in [-0.15, -0.1) is 0 Å². The average Bonchev–Trinajstić information content (AvgIpc) is 2.48. The molecule has 1 rings (SSSR count). The third-order valence-corrected chi connectivity index (χ3v) is 2.42. The summed E-state index contributed by atoms with van der Waals surface area (Å²) in [4.78, 5) is 0. The second-order valence-corrected chi connectivity index (χ2v) is 4.25. The zero-order valence-corrected chi connectivity index (χ0v) is 8.96. The third kappa shape index (κ3) is 3.09. The number of aryl methyl sites for hydroxylation is 1. The van der Waals surface area contributed by atoms with Crippen molar-refractivity contribution in [2.24, 2.45) is 12.5 Å². The molecule has 1 aromatic heterocycles. The molecule has 0 unspecified atom stereocenters. The molecular weight excluding hydrogens is 162 g/mol. The topological polar surface area (TPSA) is 29.9 Å². The molecular formula is C10H19N3. The van der Waals surface area contributed by atoms with Crippen LogP contribution in [-0.4, -0.2) is 16.3 Å². The molecule has 1 N–H and O–H groups in total. The van der Waals surface area contributed by atoms with Crippen molar-refractivity contribution >= 4 is 5.82 Å². The zero-order chi connectivity index (χ0) is 9.90. The molecule has 0 aliphatic carbocycles. The van der Waals surface area contributed by atoms with Gasteiger partial charge in [0.05, 0.1) is 0 Å². The average molecular weight is 181 g/mol. The standard InChI is InChI=1S/C10H19N3/c1-5-10(2,3)8-11-9-6-7-13(4)12-9/h6-7H,5,8H2,1-4H3,(H,11,12). The van der Waals surface area contributed by atoms with Crippen LogP contribution in [0.15, 0.2) is 12.3 Å². The van der Waals surface area contributed by atoms with E-state index < -0.39 is 0 Å². The molecule has 0 fully saturated rings. The number of aromatic nitrogens is 2. The van der Waals surface area contributed by atoms with E-state index in [0.717, 1.165) is 12.4 Å². The number of hydrogen-bond donors (Lipinski definition) is 1. The molecule has 0 amide bonds. The molecule has 13 heavy (non-hydrogen) atoms. The maximum absolute atomic E-state index is 4.25. The van der Waals surface area contributed by atoms with Crippen LogP contribution in [-0.2, 0) is 7.05 Å². The van der Waals surface area contributed by atoms with Crippen molar-refractivity contribution in [1.82, 2.24) is 9.78 Å². The minimum atomic E-state index is 0.345. The van der Waals surface area contributed by atoms with Gasteiger partial charge < -0.3 is 5.32 Å². The molecule has 0 atom stereocenters. The number of nitrogens with one attached hydrogen (secondary N) is 1. The normalized spacial score (nSPS) is 11.7. The highest BCUT2D eigenvalue weighted by Crippen LogP contribution is 2.19. The van der Waals surface area contributed by atoms with E-state index in [9.17, 15) is 0 Å². The highest BCUT2D eigenvalue weighted by Gasteiger charge is 2.14. The van der Waals surface area contributed by atoms with Gasteiger partial charge in [0, 0.05) is 25.9 Å². The van der Waals surface area contributed by atoms with Crippen LogP contribution in [0.25, 0.3) is 0 Å². The Morgan fingerprint density at radius 3 is 2.69 bits per heavy atom. The molecule has 3 nitrogen and oxygen atoms in total. The van der Waals surface area contributed by atoms with Gasteiger partial charge >= 0.3 is 0 Å². The fourth-order valence-corrected chi connectivity index (χ4v) is 0.964. The molecule has 1 aromatic rings. The van der Waals surface area contributed by atoms with Gasteiger partial charge in [0.1, 0.15) is 5.82 Å². The van der Waals surface area contributed by atoms with Crippen molar-refractivity contribution < 1.29 is 0 Å². The monoisotopic (exact) mass is 181 g/mol. The molecule has 0 aliphatic heterocycles. The van der Waals surface area contributed by atoms with Crippen molar-refractivity contribution in [3.63, 3.8) is 0 Å². The Kier molecular flexibility index (Phi) is 2.96. The van der Waals surface area contributed by atoms with E-state index in [1.165, 1.54) is 6.42 Å². The van der Waals surface area contributed by atoms with Gasteiger partial charge in [-0.25, -0.2) is 0 Å². The van der Waals surface area contributed by atoms with Crippen LogP contribution in [0, 0.1) is 5.41 Å². The van der Waals surface area contributed by atoms with Gasteiger partial charge in [-0.3, -0.25) is 4.68 Å². The van der Waals surface area contributed by atoms with Crippen LogP contribution in [0.2, 0.25) is 0 Å². The third-order valence-electron chi connectivity index (χ3n) is 2.42. The Labute approximate surface area is 80.1 Å². The summed E-state index contributed by atoms with van der Waals surface area (Å²) < 4.78 is 1.81. The second kappa shape index (κ2) is 3.81. The van der Waals surface area contributed by atoms with Crippen molar-refractivity contribution in [2.45, 2.75) is 27.2 Å². The predicted molar refractivity (Wildman–Crippen MR) is 55.8 cm³/mol. The molecule has 0 saturated carbocycles. The molecule has 0 aliphatic rings. The lowest BCUT2D eigenvalue weighted by atomic mass is 9.90. The molecule has 1 heterocycles. The molecule has 0 saturated heterocycles. The van der Waals surface area contributed by atoms with Gasteiger partial charge in [-0.05, 0) is 11.8 Å². The highest BCUT2D eigenvalue weighted by atomic mass is 15.3. The van der Waals surface area contributed by atoms with E-state index in [1.807, 2.05) is 19.3 Å². The van der Waals surface area contributed by atoms with Crippen LogP contribution in [0.1, 0.15) is 27.2 Å². The molecule has 0 bridgehead atoms. The van der Waals surface area contributed by atoms with E-state index >= 15 is 0 Å². The molecule has 74 valence electrons. The van der Waals surface area contributed by atoms with E-state index in [4.69, 9.17) is 0 Å². The summed E-state index contributed by atoms with van der Waals surface area (Å²) in [7, 11) is 1.93. The SMILES string of the molecule is CCC(C)(C)CNc1ccn(C)n1. The van der Waals surface area contributed by atoms with E-state index in [-0.39, 0.29) is 0 Å². The van der Waals surface area contributed by atoms with Gasteiger partial charge in [-0.2, -0.15) is 5.10 Å². The Hall–Kier alpha value is -0.990. The minimum Gasteiger partial charge on any atom is -0.368 e. The van der Waals surface area contributed by atoms with Crippen LogP contribution < -0.4 is 5.32 Å². The van der Waals surface area contributed by atoms with Crippen molar-refractivity contribution in [3.8, 4) is 0 Å². The van der Waals surface area contributed by atoms with Gasteiger partial charge in [0.15, 0.2) is 0 Å². The lowest BCUT2D eigenvalue weighted by Crippen LogP contribution is -2.22. The second-order valence-electron chi connectivity index (χ2n) is 4.25. The van der Waals surface area contributed by atoms with Gasteiger partial charge in [0.2, 0.25) is 0 Å². The Morgan fingerprint density at radius 1 is 1.54 bits per heavy atom. The maximum atomic E-state index is 4.25. The fourth-order valence-electron chi connectivity index (χ4n) is 0.964. The maximum Gasteiger partial charge on any atom is 0.147 e. The Morgan fingerprint density at radius 2 is 2.23 bits per heavy atom.